The average molecular weight is 492 g/mol. The standard InChI is InChI=1S/C26H26FN5O2S/c1-3-31(16-6-7-21-23(8-16)35-13-29-21)32(11-15-4-5-15)26(33)18-9-17-19-12-34-14(2)24(19)25(28)30-22(17)10-20(18)27/h6-10,13-15H,3-5,11-12H2,1-2H3,(H2,28,30)/t14-/m1/s1. The molecule has 2 aromatic heterocycles. The highest BCUT2D eigenvalue weighted by molar-refractivity contribution is 7.16. The number of rotatable bonds is 6. The van der Waals surface area contributed by atoms with Gasteiger partial charge in [0.05, 0.1) is 45.2 Å². The van der Waals surface area contributed by atoms with E-state index in [0.717, 1.165) is 39.9 Å². The number of pyridine rings is 1. The minimum atomic E-state index is -0.601. The monoisotopic (exact) mass is 491 g/mol. The maximum atomic E-state index is 15.4. The van der Waals surface area contributed by atoms with Gasteiger partial charge in [0.1, 0.15) is 11.6 Å². The van der Waals surface area contributed by atoms with Gasteiger partial charge >= 0.3 is 0 Å². The Balaban J connectivity index is 1.44. The molecule has 7 nitrogen and oxygen atoms in total. The molecule has 1 saturated carbocycles. The average Bonchev–Trinajstić information content (AvgIpc) is 3.38. The van der Waals surface area contributed by atoms with Gasteiger partial charge < -0.3 is 10.5 Å². The van der Waals surface area contributed by atoms with Crippen LogP contribution in [0.15, 0.2) is 35.8 Å². The van der Waals surface area contributed by atoms with Crippen LogP contribution >= 0.6 is 11.3 Å². The van der Waals surface area contributed by atoms with Gasteiger partial charge in [0.25, 0.3) is 5.91 Å². The van der Waals surface area contributed by atoms with Gasteiger partial charge in [-0.1, -0.05) is 0 Å². The highest BCUT2D eigenvalue weighted by Crippen LogP contribution is 2.39. The van der Waals surface area contributed by atoms with E-state index in [1.165, 1.54) is 6.07 Å². The number of ether oxygens (including phenoxy) is 1. The van der Waals surface area contributed by atoms with Crippen molar-refractivity contribution in [1.82, 2.24) is 15.0 Å². The summed E-state index contributed by atoms with van der Waals surface area (Å²) in [5.74, 6) is -0.193. The first kappa shape index (κ1) is 22.2. The maximum Gasteiger partial charge on any atom is 0.275 e. The molecule has 180 valence electrons. The third-order valence-electron chi connectivity index (χ3n) is 6.93. The van der Waals surface area contributed by atoms with E-state index in [-0.39, 0.29) is 17.6 Å². The van der Waals surface area contributed by atoms with Crippen molar-refractivity contribution in [2.45, 2.75) is 39.4 Å². The fourth-order valence-corrected chi connectivity index (χ4v) is 5.63. The Bertz CT molecular complexity index is 1470. The Morgan fingerprint density at radius 2 is 2.09 bits per heavy atom. The van der Waals surface area contributed by atoms with Gasteiger partial charge in [0.2, 0.25) is 0 Å². The lowest BCUT2D eigenvalue weighted by Gasteiger charge is -2.36. The van der Waals surface area contributed by atoms with Crippen LogP contribution in [0.1, 0.15) is 54.3 Å². The molecule has 1 amide bonds. The highest BCUT2D eigenvalue weighted by atomic mass is 32.1. The number of hydrogen-bond acceptors (Lipinski definition) is 7. The van der Waals surface area contributed by atoms with E-state index in [0.29, 0.717) is 42.3 Å². The fraction of sp³-hybridized carbons (Fsp3) is 0.346. The Hall–Kier alpha value is -3.30. The van der Waals surface area contributed by atoms with E-state index in [2.05, 4.69) is 9.97 Å². The molecule has 1 fully saturated rings. The summed E-state index contributed by atoms with van der Waals surface area (Å²) in [5, 5.41) is 4.36. The molecule has 1 aliphatic heterocycles. The van der Waals surface area contributed by atoms with Crippen molar-refractivity contribution < 1.29 is 13.9 Å². The molecule has 0 bridgehead atoms. The number of anilines is 2. The SMILES string of the molecule is CCN(c1ccc2ncsc2c1)N(CC1CC1)C(=O)c1cc2c3c(c(N)nc2cc1F)[C@@H](C)OC3. The lowest BCUT2D eigenvalue weighted by Crippen LogP contribution is -2.48. The molecule has 35 heavy (non-hydrogen) atoms. The number of carbonyl (C=O) groups excluding carboxylic acids is 1. The first-order valence-electron chi connectivity index (χ1n) is 11.9. The molecular formula is C26H26FN5O2S. The molecule has 0 saturated heterocycles. The van der Waals surface area contributed by atoms with Gasteiger partial charge in [0.15, 0.2) is 0 Å². The molecule has 2 aliphatic rings. The first-order valence-corrected chi connectivity index (χ1v) is 12.8. The van der Waals surface area contributed by atoms with Gasteiger partial charge in [-0.2, -0.15) is 0 Å². The molecule has 0 radical (unpaired) electrons. The predicted octanol–water partition coefficient (Wildman–Crippen LogP) is 5.45. The third-order valence-corrected chi connectivity index (χ3v) is 7.73. The van der Waals surface area contributed by atoms with Crippen LogP contribution in [0.2, 0.25) is 0 Å². The summed E-state index contributed by atoms with van der Waals surface area (Å²) >= 11 is 1.56. The van der Waals surface area contributed by atoms with Crippen molar-refractivity contribution >= 4 is 49.9 Å². The quantitative estimate of drug-likeness (QED) is 0.361. The lowest BCUT2D eigenvalue weighted by atomic mass is 9.99. The van der Waals surface area contributed by atoms with E-state index in [1.807, 2.05) is 42.6 Å². The van der Waals surface area contributed by atoms with Gasteiger partial charge in [-0.25, -0.2) is 19.4 Å². The molecule has 3 heterocycles. The van der Waals surface area contributed by atoms with E-state index < -0.39 is 5.82 Å². The number of carbonyl (C=O) groups is 1. The van der Waals surface area contributed by atoms with Gasteiger partial charge in [-0.05, 0) is 62.4 Å². The topological polar surface area (TPSA) is 84.6 Å². The normalized spacial score (nSPS) is 17.2. The molecule has 0 unspecified atom stereocenters. The second-order valence-corrected chi connectivity index (χ2v) is 10.1. The Labute approximate surface area is 206 Å². The summed E-state index contributed by atoms with van der Waals surface area (Å²) in [6, 6.07) is 8.91. The number of fused-ring (bicyclic) bond motifs is 4. The number of aromatic nitrogens is 2. The number of benzene rings is 2. The third kappa shape index (κ3) is 3.79. The molecule has 6 rings (SSSR count). The van der Waals surface area contributed by atoms with Crippen LogP contribution in [0.25, 0.3) is 21.1 Å². The van der Waals surface area contributed by atoms with Crippen LogP contribution in [0.5, 0.6) is 0 Å². The zero-order valence-corrected chi connectivity index (χ0v) is 20.4. The summed E-state index contributed by atoms with van der Waals surface area (Å²) in [7, 11) is 0. The zero-order chi connectivity index (χ0) is 24.3. The largest absolute Gasteiger partial charge is 0.383 e. The fourth-order valence-electron chi connectivity index (χ4n) is 4.92. The van der Waals surface area contributed by atoms with Crippen molar-refractivity contribution in [1.29, 1.82) is 0 Å². The minimum Gasteiger partial charge on any atom is -0.383 e. The van der Waals surface area contributed by atoms with Gasteiger partial charge in [-0.15, -0.1) is 11.3 Å². The second kappa shape index (κ2) is 8.42. The van der Waals surface area contributed by atoms with Crippen LogP contribution in [0.4, 0.5) is 15.9 Å². The summed E-state index contributed by atoms with van der Waals surface area (Å²) in [6.45, 7) is 5.39. The zero-order valence-electron chi connectivity index (χ0n) is 19.6. The van der Waals surface area contributed by atoms with E-state index in [1.54, 1.807) is 22.4 Å². The Morgan fingerprint density at radius 1 is 1.26 bits per heavy atom. The molecule has 4 aromatic rings. The first-order chi connectivity index (χ1) is 16.9. The summed E-state index contributed by atoms with van der Waals surface area (Å²) < 4.78 is 22.2. The van der Waals surface area contributed by atoms with Crippen molar-refractivity contribution in [3.8, 4) is 0 Å². The summed E-state index contributed by atoms with van der Waals surface area (Å²) in [5.41, 5.74) is 11.9. The molecule has 0 spiro atoms. The number of nitrogens with two attached hydrogens (primary N) is 1. The highest BCUT2D eigenvalue weighted by Gasteiger charge is 2.33. The van der Waals surface area contributed by atoms with Gasteiger partial charge in [-0.3, -0.25) is 9.80 Å². The number of hydrogen-bond donors (Lipinski definition) is 1. The number of amides is 1. The Morgan fingerprint density at radius 3 is 2.86 bits per heavy atom. The molecule has 1 aliphatic carbocycles. The lowest BCUT2D eigenvalue weighted by molar-refractivity contribution is 0.0722. The van der Waals surface area contributed by atoms with Crippen molar-refractivity contribution in [2.75, 3.05) is 23.8 Å². The number of hydrazine groups is 1. The van der Waals surface area contributed by atoms with Crippen LogP contribution in [-0.4, -0.2) is 34.0 Å². The molecular weight excluding hydrogens is 465 g/mol. The van der Waals surface area contributed by atoms with E-state index in [4.69, 9.17) is 10.5 Å². The molecule has 1 atom stereocenters. The number of halogens is 1. The second-order valence-electron chi connectivity index (χ2n) is 9.24. The summed E-state index contributed by atoms with van der Waals surface area (Å²) in [6.07, 6.45) is 1.96. The number of thiazole rings is 1. The van der Waals surface area contributed by atoms with Gasteiger partial charge in [0, 0.05) is 30.1 Å². The van der Waals surface area contributed by atoms with E-state index in [9.17, 15) is 4.79 Å². The maximum absolute atomic E-state index is 15.4. The predicted molar refractivity (Wildman–Crippen MR) is 136 cm³/mol. The molecule has 9 heteroatoms. The van der Waals surface area contributed by atoms with Crippen molar-refractivity contribution in [2.24, 2.45) is 5.92 Å². The number of nitrogens with zero attached hydrogens (tertiary/aromatic N) is 4. The molecule has 2 N–H and O–H groups in total. The van der Waals surface area contributed by atoms with Crippen molar-refractivity contribution in [3.05, 3.63) is 58.3 Å². The summed E-state index contributed by atoms with van der Waals surface area (Å²) in [4.78, 5) is 22.7. The number of nitrogen functional groups attached to an aromatic ring is 1. The minimum absolute atomic E-state index is 0.0313. The van der Waals surface area contributed by atoms with E-state index >= 15 is 4.39 Å². The smallest absolute Gasteiger partial charge is 0.275 e. The van der Waals surface area contributed by atoms with Crippen LogP contribution in [0, 0.1) is 11.7 Å². The molecule has 2 aromatic carbocycles. The van der Waals surface area contributed by atoms with Crippen LogP contribution in [-0.2, 0) is 11.3 Å². The van der Waals surface area contributed by atoms with Crippen LogP contribution in [0.3, 0.4) is 0 Å². The Kier molecular flexibility index (Phi) is 5.34. The van der Waals surface area contributed by atoms with Crippen LogP contribution < -0.4 is 10.7 Å². The van der Waals surface area contributed by atoms with Crippen molar-refractivity contribution in [3.63, 3.8) is 0 Å².